The van der Waals surface area contributed by atoms with Crippen LogP contribution in [0.4, 0.5) is 5.69 Å². The fraction of sp³-hybridized carbons (Fsp3) is 0.316. The zero-order chi connectivity index (χ0) is 16.5. The Balaban J connectivity index is 1.68. The molecule has 0 spiro atoms. The Labute approximate surface area is 140 Å². The number of nitrogens with zero attached hydrogens (tertiary/aromatic N) is 3. The standard InChI is InChI=1S/C19H20N4O/c1-13-11-20-10-9-16(13)21-19(24)18-15-7-2-3-8-17(15)23(22-18)12-14-5-4-6-14/h2-3,7-11,14H,4-6,12H2,1H3,(H,20,21,24). The first kappa shape index (κ1) is 14.9. The number of hydrogen-bond acceptors (Lipinski definition) is 3. The third-order valence-corrected chi connectivity index (χ3v) is 4.80. The maximum Gasteiger partial charge on any atom is 0.276 e. The van der Waals surface area contributed by atoms with Gasteiger partial charge in [0.25, 0.3) is 5.91 Å². The summed E-state index contributed by atoms with van der Waals surface area (Å²) in [7, 11) is 0. The van der Waals surface area contributed by atoms with Gasteiger partial charge in [-0.15, -0.1) is 0 Å². The van der Waals surface area contributed by atoms with E-state index in [2.05, 4.69) is 15.4 Å². The normalized spacial score (nSPS) is 14.5. The van der Waals surface area contributed by atoms with Crippen LogP contribution in [0.5, 0.6) is 0 Å². The van der Waals surface area contributed by atoms with Gasteiger partial charge in [0.15, 0.2) is 5.69 Å². The number of aromatic nitrogens is 3. The largest absolute Gasteiger partial charge is 0.320 e. The SMILES string of the molecule is Cc1cnccc1NC(=O)c1nn(CC2CCC2)c2ccccc12. The van der Waals surface area contributed by atoms with Crippen molar-refractivity contribution < 1.29 is 4.79 Å². The second-order valence-corrected chi connectivity index (χ2v) is 6.49. The van der Waals surface area contributed by atoms with Crippen molar-refractivity contribution in [2.24, 2.45) is 5.92 Å². The van der Waals surface area contributed by atoms with Crippen molar-refractivity contribution >= 4 is 22.5 Å². The van der Waals surface area contributed by atoms with Gasteiger partial charge in [-0.25, -0.2) is 0 Å². The molecule has 0 bridgehead atoms. The molecule has 0 saturated heterocycles. The summed E-state index contributed by atoms with van der Waals surface area (Å²) in [6, 6.07) is 9.76. The van der Waals surface area contributed by atoms with E-state index in [-0.39, 0.29) is 5.91 Å². The molecular weight excluding hydrogens is 300 g/mol. The molecule has 4 rings (SSSR count). The molecule has 2 heterocycles. The molecule has 5 nitrogen and oxygen atoms in total. The number of carbonyl (C=O) groups excluding carboxylic acids is 1. The summed E-state index contributed by atoms with van der Waals surface area (Å²) in [4.78, 5) is 16.8. The van der Waals surface area contributed by atoms with Gasteiger partial charge in [-0.2, -0.15) is 5.10 Å². The summed E-state index contributed by atoms with van der Waals surface area (Å²) in [6.45, 7) is 2.82. The van der Waals surface area contributed by atoms with Gasteiger partial charge in [-0.3, -0.25) is 14.5 Å². The fourth-order valence-electron chi connectivity index (χ4n) is 3.15. The number of fused-ring (bicyclic) bond motifs is 1. The van der Waals surface area contributed by atoms with Gasteiger partial charge >= 0.3 is 0 Å². The third-order valence-electron chi connectivity index (χ3n) is 4.80. The van der Waals surface area contributed by atoms with Crippen LogP contribution in [0.1, 0.15) is 35.3 Å². The van der Waals surface area contributed by atoms with Crippen LogP contribution >= 0.6 is 0 Å². The van der Waals surface area contributed by atoms with Crippen LogP contribution in [0.2, 0.25) is 0 Å². The van der Waals surface area contributed by atoms with Crippen molar-refractivity contribution in [3.8, 4) is 0 Å². The summed E-state index contributed by atoms with van der Waals surface area (Å²) >= 11 is 0. The highest BCUT2D eigenvalue weighted by Crippen LogP contribution is 2.29. The number of hydrogen-bond donors (Lipinski definition) is 1. The molecule has 2 aromatic heterocycles. The minimum atomic E-state index is -0.173. The minimum Gasteiger partial charge on any atom is -0.320 e. The van der Waals surface area contributed by atoms with Crippen LogP contribution < -0.4 is 5.32 Å². The van der Waals surface area contributed by atoms with Crippen LogP contribution in [0.25, 0.3) is 10.9 Å². The molecule has 24 heavy (non-hydrogen) atoms. The molecule has 122 valence electrons. The quantitative estimate of drug-likeness (QED) is 0.795. The van der Waals surface area contributed by atoms with E-state index in [0.29, 0.717) is 11.6 Å². The first-order valence-corrected chi connectivity index (χ1v) is 8.40. The molecule has 5 heteroatoms. The Morgan fingerprint density at radius 1 is 1.29 bits per heavy atom. The number of aryl methyl sites for hydroxylation is 1. The number of anilines is 1. The lowest BCUT2D eigenvalue weighted by molar-refractivity contribution is 0.102. The summed E-state index contributed by atoms with van der Waals surface area (Å²) in [5, 5.41) is 8.49. The number of carbonyl (C=O) groups is 1. The lowest BCUT2D eigenvalue weighted by atomic mass is 9.85. The number of rotatable bonds is 4. The molecule has 0 unspecified atom stereocenters. The Bertz CT molecular complexity index is 895. The van der Waals surface area contributed by atoms with E-state index < -0.39 is 0 Å². The lowest BCUT2D eigenvalue weighted by Crippen LogP contribution is -2.19. The third kappa shape index (κ3) is 2.66. The van der Waals surface area contributed by atoms with Gasteiger partial charge in [0, 0.05) is 30.0 Å². The molecule has 1 aromatic carbocycles. The van der Waals surface area contributed by atoms with Gasteiger partial charge in [0.05, 0.1) is 5.52 Å². The molecule has 0 aliphatic heterocycles. The van der Waals surface area contributed by atoms with E-state index in [4.69, 9.17) is 0 Å². The van der Waals surface area contributed by atoms with Crippen LogP contribution in [0.15, 0.2) is 42.7 Å². The zero-order valence-electron chi connectivity index (χ0n) is 13.7. The van der Waals surface area contributed by atoms with Crippen LogP contribution in [0.3, 0.4) is 0 Å². The van der Waals surface area contributed by atoms with E-state index in [0.717, 1.165) is 28.7 Å². The number of nitrogens with one attached hydrogen (secondary N) is 1. The monoisotopic (exact) mass is 320 g/mol. The predicted molar refractivity (Wildman–Crippen MR) is 94.0 cm³/mol. The average Bonchev–Trinajstić information content (AvgIpc) is 2.92. The Morgan fingerprint density at radius 2 is 2.12 bits per heavy atom. The Kier molecular flexibility index (Phi) is 3.76. The smallest absolute Gasteiger partial charge is 0.276 e. The number of pyridine rings is 1. The second-order valence-electron chi connectivity index (χ2n) is 6.49. The lowest BCUT2D eigenvalue weighted by Gasteiger charge is -2.25. The van der Waals surface area contributed by atoms with Crippen molar-refractivity contribution in [3.05, 3.63) is 54.0 Å². The Morgan fingerprint density at radius 3 is 2.88 bits per heavy atom. The highest BCUT2D eigenvalue weighted by atomic mass is 16.2. The van der Waals surface area contributed by atoms with Gasteiger partial charge < -0.3 is 5.32 Å². The summed E-state index contributed by atoms with van der Waals surface area (Å²) in [6.07, 6.45) is 7.23. The molecule has 1 N–H and O–H groups in total. The van der Waals surface area contributed by atoms with Crippen molar-refractivity contribution in [1.82, 2.24) is 14.8 Å². The molecule has 1 saturated carbocycles. The van der Waals surface area contributed by atoms with Crippen molar-refractivity contribution in [2.45, 2.75) is 32.7 Å². The van der Waals surface area contributed by atoms with Crippen molar-refractivity contribution in [2.75, 3.05) is 5.32 Å². The second kappa shape index (κ2) is 6.07. The number of amides is 1. The van der Waals surface area contributed by atoms with Crippen LogP contribution in [-0.4, -0.2) is 20.7 Å². The highest BCUT2D eigenvalue weighted by molar-refractivity contribution is 6.11. The van der Waals surface area contributed by atoms with Crippen molar-refractivity contribution in [1.29, 1.82) is 0 Å². The van der Waals surface area contributed by atoms with Crippen molar-refractivity contribution in [3.63, 3.8) is 0 Å². The fourth-order valence-corrected chi connectivity index (χ4v) is 3.15. The molecule has 1 aliphatic carbocycles. The van der Waals surface area contributed by atoms with Gasteiger partial charge in [0.2, 0.25) is 0 Å². The van der Waals surface area contributed by atoms with Crippen LogP contribution in [0, 0.1) is 12.8 Å². The summed E-state index contributed by atoms with van der Waals surface area (Å²) in [5.74, 6) is 0.513. The van der Waals surface area contributed by atoms with E-state index in [1.54, 1.807) is 18.5 Å². The first-order valence-electron chi connectivity index (χ1n) is 8.40. The van der Waals surface area contributed by atoms with Gasteiger partial charge in [-0.1, -0.05) is 24.6 Å². The van der Waals surface area contributed by atoms with E-state index in [1.807, 2.05) is 35.9 Å². The Hall–Kier alpha value is -2.69. The maximum atomic E-state index is 12.8. The summed E-state index contributed by atoms with van der Waals surface area (Å²) in [5.41, 5.74) is 3.22. The zero-order valence-corrected chi connectivity index (χ0v) is 13.7. The highest BCUT2D eigenvalue weighted by Gasteiger charge is 2.22. The molecule has 1 aliphatic rings. The van der Waals surface area contributed by atoms with E-state index in [1.165, 1.54) is 19.3 Å². The molecular formula is C19H20N4O. The first-order chi connectivity index (χ1) is 11.7. The molecule has 1 amide bonds. The molecule has 0 radical (unpaired) electrons. The van der Waals surface area contributed by atoms with Crippen LogP contribution in [-0.2, 0) is 6.54 Å². The topological polar surface area (TPSA) is 59.8 Å². The van der Waals surface area contributed by atoms with E-state index >= 15 is 0 Å². The minimum absolute atomic E-state index is 0.173. The average molecular weight is 320 g/mol. The number of para-hydroxylation sites is 1. The number of benzene rings is 1. The van der Waals surface area contributed by atoms with E-state index in [9.17, 15) is 4.79 Å². The molecule has 1 fully saturated rings. The molecule has 0 atom stereocenters. The molecule has 3 aromatic rings. The summed E-state index contributed by atoms with van der Waals surface area (Å²) < 4.78 is 1.99. The maximum absolute atomic E-state index is 12.8. The van der Waals surface area contributed by atoms with Gasteiger partial charge in [0.1, 0.15) is 0 Å². The van der Waals surface area contributed by atoms with Gasteiger partial charge in [-0.05, 0) is 43.4 Å². The predicted octanol–water partition coefficient (Wildman–Crippen LogP) is 3.79.